The van der Waals surface area contributed by atoms with Gasteiger partial charge in [0.1, 0.15) is 17.3 Å². The Labute approximate surface area is 201 Å². The van der Waals surface area contributed by atoms with E-state index in [-0.39, 0.29) is 36.4 Å². The van der Waals surface area contributed by atoms with Crippen molar-refractivity contribution in [3.63, 3.8) is 0 Å². The summed E-state index contributed by atoms with van der Waals surface area (Å²) in [6.07, 6.45) is 0.652. The lowest BCUT2D eigenvalue weighted by molar-refractivity contribution is -0.118. The Morgan fingerprint density at radius 1 is 1.03 bits per heavy atom. The van der Waals surface area contributed by atoms with E-state index in [1.165, 1.54) is 12.1 Å². The standard InChI is InChI=1S/C26H24FN5O3/c1-34-20-13-9-17(10-14-20)22-15-23(18-7-11-19(27)12-8-18)32-26(28-22)30-25(31-32)29-24(33)16-35-21-5-3-2-4-6-21/h2-14,22-23H,15-16H2,1H3,(H2,28,29,30,31,33)/t22-,23+/m1/s1. The van der Waals surface area contributed by atoms with Crippen LogP contribution < -0.4 is 20.1 Å². The van der Waals surface area contributed by atoms with E-state index in [1.807, 2.05) is 42.5 Å². The van der Waals surface area contributed by atoms with Crippen molar-refractivity contribution in [1.82, 2.24) is 14.8 Å². The highest BCUT2D eigenvalue weighted by atomic mass is 19.1. The molecule has 4 aromatic rings. The van der Waals surface area contributed by atoms with Gasteiger partial charge in [-0.1, -0.05) is 42.5 Å². The number of nitrogens with one attached hydrogen (secondary N) is 2. The predicted octanol–water partition coefficient (Wildman–Crippen LogP) is 4.59. The van der Waals surface area contributed by atoms with Crippen molar-refractivity contribution in [3.8, 4) is 11.5 Å². The Balaban J connectivity index is 1.38. The lowest BCUT2D eigenvalue weighted by Crippen LogP contribution is -2.28. The minimum absolute atomic E-state index is 0.0716. The fraction of sp³-hybridized carbons (Fsp3) is 0.192. The molecule has 1 amide bonds. The monoisotopic (exact) mass is 473 g/mol. The number of fused-ring (bicyclic) bond motifs is 1. The minimum Gasteiger partial charge on any atom is -0.497 e. The Hall–Kier alpha value is -4.40. The highest BCUT2D eigenvalue weighted by Gasteiger charge is 2.31. The summed E-state index contributed by atoms with van der Waals surface area (Å²) in [6.45, 7) is -0.169. The molecule has 0 spiro atoms. The Morgan fingerprint density at radius 3 is 2.46 bits per heavy atom. The number of para-hydroxylation sites is 1. The van der Waals surface area contributed by atoms with Crippen molar-refractivity contribution in [3.05, 3.63) is 95.8 Å². The van der Waals surface area contributed by atoms with E-state index in [2.05, 4.69) is 20.7 Å². The van der Waals surface area contributed by atoms with Gasteiger partial charge in [0.05, 0.1) is 19.2 Å². The summed E-state index contributed by atoms with van der Waals surface area (Å²) in [7, 11) is 1.63. The zero-order valence-electron chi connectivity index (χ0n) is 19.0. The molecule has 5 rings (SSSR count). The van der Waals surface area contributed by atoms with Gasteiger partial charge in [-0.25, -0.2) is 9.07 Å². The van der Waals surface area contributed by atoms with E-state index in [0.29, 0.717) is 18.1 Å². The van der Waals surface area contributed by atoms with Gasteiger partial charge < -0.3 is 14.8 Å². The maximum absolute atomic E-state index is 13.6. The van der Waals surface area contributed by atoms with Crippen LogP contribution in [0.2, 0.25) is 0 Å². The van der Waals surface area contributed by atoms with Crippen LogP contribution in [-0.4, -0.2) is 34.4 Å². The summed E-state index contributed by atoms with van der Waals surface area (Å²) in [5.74, 6) is 1.36. The number of nitrogens with zero attached hydrogens (tertiary/aromatic N) is 3. The molecule has 0 fully saturated rings. The van der Waals surface area contributed by atoms with Crippen molar-refractivity contribution in [2.24, 2.45) is 0 Å². The van der Waals surface area contributed by atoms with Crippen LogP contribution in [-0.2, 0) is 4.79 Å². The topological polar surface area (TPSA) is 90.3 Å². The van der Waals surface area contributed by atoms with Gasteiger partial charge >= 0.3 is 0 Å². The number of benzene rings is 3. The number of hydrogen-bond acceptors (Lipinski definition) is 6. The first-order valence-corrected chi connectivity index (χ1v) is 11.2. The summed E-state index contributed by atoms with van der Waals surface area (Å²) in [5, 5.41) is 10.6. The second kappa shape index (κ2) is 9.84. The molecule has 1 aromatic heterocycles. The number of aromatic nitrogens is 3. The largest absolute Gasteiger partial charge is 0.497 e. The van der Waals surface area contributed by atoms with Crippen molar-refractivity contribution < 1.29 is 18.7 Å². The van der Waals surface area contributed by atoms with Gasteiger partial charge in [-0.3, -0.25) is 10.1 Å². The first kappa shape index (κ1) is 22.4. The highest BCUT2D eigenvalue weighted by molar-refractivity contribution is 5.90. The van der Waals surface area contributed by atoms with Crippen LogP contribution in [0.5, 0.6) is 11.5 Å². The molecule has 35 heavy (non-hydrogen) atoms. The summed E-state index contributed by atoms with van der Waals surface area (Å²) < 4.78 is 26.1. The smallest absolute Gasteiger partial charge is 0.264 e. The van der Waals surface area contributed by atoms with Crippen LogP contribution >= 0.6 is 0 Å². The van der Waals surface area contributed by atoms with Gasteiger partial charge in [0.25, 0.3) is 11.9 Å². The van der Waals surface area contributed by atoms with Crippen molar-refractivity contribution in [2.75, 3.05) is 24.4 Å². The van der Waals surface area contributed by atoms with E-state index in [0.717, 1.165) is 16.9 Å². The SMILES string of the molecule is COc1ccc([C@H]2C[C@@H](c3ccc(F)cc3)n3nc(NC(=O)COc4ccccc4)nc3N2)cc1. The van der Waals surface area contributed by atoms with Crippen molar-refractivity contribution in [1.29, 1.82) is 0 Å². The van der Waals surface area contributed by atoms with Crippen LogP contribution in [0.15, 0.2) is 78.9 Å². The molecule has 0 radical (unpaired) electrons. The summed E-state index contributed by atoms with van der Waals surface area (Å²) in [6, 6.07) is 22.9. The van der Waals surface area contributed by atoms with E-state index < -0.39 is 0 Å². The molecule has 2 heterocycles. The van der Waals surface area contributed by atoms with Crippen LogP contribution in [0, 0.1) is 5.82 Å². The van der Waals surface area contributed by atoms with Crippen LogP contribution in [0.25, 0.3) is 0 Å². The molecule has 0 saturated heterocycles. The molecule has 2 atom stereocenters. The van der Waals surface area contributed by atoms with E-state index in [1.54, 1.807) is 36.1 Å². The van der Waals surface area contributed by atoms with Gasteiger partial charge in [0.2, 0.25) is 5.95 Å². The van der Waals surface area contributed by atoms with Gasteiger partial charge in [0.15, 0.2) is 6.61 Å². The lowest BCUT2D eigenvalue weighted by atomic mass is 9.93. The molecular weight excluding hydrogens is 449 g/mol. The lowest BCUT2D eigenvalue weighted by Gasteiger charge is -2.31. The summed E-state index contributed by atoms with van der Waals surface area (Å²) in [5.41, 5.74) is 1.94. The van der Waals surface area contributed by atoms with E-state index in [9.17, 15) is 9.18 Å². The quantitative estimate of drug-likeness (QED) is 0.408. The van der Waals surface area contributed by atoms with Gasteiger partial charge in [-0.2, -0.15) is 4.98 Å². The number of carbonyl (C=O) groups excluding carboxylic acids is 1. The number of anilines is 2. The molecule has 0 aliphatic carbocycles. The van der Waals surface area contributed by atoms with Crippen molar-refractivity contribution >= 4 is 17.8 Å². The maximum atomic E-state index is 13.6. The summed E-state index contributed by atoms with van der Waals surface area (Å²) >= 11 is 0. The number of carbonyl (C=O) groups is 1. The summed E-state index contributed by atoms with van der Waals surface area (Å²) in [4.78, 5) is 16.9. The highest BCUT2D eigenvalue weighted by Crippen LogP contribution is 2.38. The Morgan fingerprint density at radius 2 is 1.74 bits per heavy atom. The van der Waals surface area contributed by atoms with Crippen LogP contribution in [0.4, 0.5) is 16.3 Å². The number of rotatable bonds is 7. The molecule has 178 valence electrons. The third-order valence-electron chi connectivity index (χ3n) is 5.83. The Bertz CT molecular complexity index is 1290. The molecule has 1 aliphatic rings. The van der Waals surface area contributed by atoms with E-state index in [4.69, 9.17) is 9.47 Å². The number of methoxy groups -OCH3 is 1. The zero-order chi connectivity index (χ0) is 24.2. The molecule has 0 unspecified atom stereocenters. The molecule has 1 aliphatic heterocycles. The first-order valence-electron chi connectivity index (χ1n) is 11.2. The fourth-order valence-electron chi connectivity index (χ4n) is 4.07. The maximum Gasteiger partial charge on any atom is 0.264 e. The Kier molecular flexibility index (Phi) is 6.30. The second-order valence-corrected chi connectivity index (χ2v) is 8.13. The van der Waals surface area contributed by atoms with Crippen LogP contribution in [0.1, 0.15) is 29.6 Å². The number of ether oxygens (including phenoxy) is 2. The van der Waals surface area contributed by atoms with Gasteiger partial charge in [-0.05, 0) is 53.9 Å². The molecular formula is C26H24FN5O3. The second-order valence-electron chi connectivity index (χ2n) is 8.13. The molecule has 8 nitrogen and oxygen atoms in total. The average Bonchev–Trinajstić information content (AvgIpc) is 3.30. The van der Waals surface area contributed by atoms with E-state index >= 15 is 0 Å². The first-order chi connectivity index (χ1) is 17.1. The molecule has 0 bridgehead atoms. The average molecular weight is 474 g/mol. The number of amides is 1. The van der Waals surface area contributed by atoms with Crippen molar-refractivity contribution in [2.45, 2.75) is 18.5 Å². The zero-order valence-corrected chi connectivity index (χ0v) is 19.0. The minimum atomic E-state index is -0.373. The third-order valence-corrected chi connectivity index (χ3v) is 5.83. The molecule has 0 saturated carbocycles. The molecule has 9 heteroatoms. The molecule has 3 aromatic carbocycles. The predicted molar refractivity (Wildman–Crippen MR) is 129 cm³/mol. The van der Waals surface area contributed by atoms with Gasteiger partial charge in [-0.15, -0.1) is 5.10 Å². The number of halogens is 1. The molecule has 2 N–H and O–H groups in total. The fourth-order valence-corrected chi connectivity index (χ4v) is 4.07. The third kappa shape index (κ3) is 5.08. The normalized spacial score (nSPS) is 16.6. The number of hydrogen-bond donors (Lipinski definition) is 2. The van der Waals surface area contributed by atoms with Crippen LogP contribution in [0.3, 0.4) is 0 Å². The van der Waals surface area contributed by atoms with Gasteiger partial charge in [0, 0.05) is 0 Å².